The van der Waals surface area contributed by atoms with E-state index in [1.807, 2.05) is 0 Å². The molecule has 1 aromatic rings. The molecule has 0 spiro atoms. The van der Waals surface area contributed by atoms with Gasteiger partial charge in [0.05, 0.1) is 17.8 Å². The third-order valence-electron chi connectivity index (χ3n) is 3.06. The number of amides is 1. The highest BCUT2D eigenvalue weighted by atomic mass is 19.1. The lowest BCUT2D eigenvalue weighted by atomic mass is 10.1. The maximum atomic E-state index is 13.9. The molecule has 1 fully saturated rings. The van der Waals surface area contributed by atoms with Gasteiger partial charge in [-0.15, -0.1) is 0 Å². The van der Waals surface area contributed by atoms with Gasteiger partial charge in [-0.2, -0.15) is 0 Å². The molecular formula is C14H14FNO4. The Hall–Kier alpha value is -1.94. The summed E-state index contributed by atoms with van der Waals surface area (Å²) in [5, 5.41) is 27.3. The Kier molecular flexibility index (Phi) is 4.35. The van der Waals surface area contributed by atoms with E-state index in [1.54, 1.807) is 0 Å². The van der Waals surface area contributed by atoms with Gasteiger partial charge in [0, 0.05) is 18.7 Å². The number of halogens is 1. The van der Waals surface area contributed by atoms with Crippen LogP contribution >= 0.6 is 0 Å². The van der Waals surface area contributed by atoms with Gasteiger partial charge in [-0.3, -0.25) is 4.79 Å². The number of benzene rings is 1. The largest absolute Gasteiger partial charge is 0.388 e. The molecule has 0 bridgehead atoms. The zero-order chi connectivity index (χ0) is 14.7. The van der Waals surface area contributed by atoms with Crippen LogP contribution in [0.2, 0.25) is 0 Å². The number of hydrogen-bond acceptors (Lipinski definition) is 4. The molecule has 2 atom stereocenters. The second-order valence-electron chi connectivity index (χ2n) is 4.50. The summed E-state index contributed by atoms with van der Waals surface area (Å²) in [5.74, 6) is 3.61. The average molecular weight is 279 g/mol. The minimum Gasteiger partial charge on any atom is -0.388 e. The van der Waals surface area contributed by atoms with Gasteiger partial charge in [0.25, 0.3) is 5.91 Å². The summed E-state index contributed by atoms with van der Waals surface area (Å²) in [6.45, 7) is -0.372. The summed E-state index contributed by atoms with van der Waals surface area (Å²) in [5.41, 5.74) is 0.218. The first kappa shape index (κ1) is 14.5. The lowest BCUT2D eigenvalue weighted by molar-refractivity contribution is 0.0572. The van der Waals surface area contributed by atoms with Crippen molar-refractivity contribution in [1.82, 2.24) is 4.90 Å². The SMILES string of the molecule is O=C(c1ccc(C#CCO)cc1F)N1CC(O)C(O)C1. The monoisotopic (exact) mass is 279 g/mol. The van der Waals surface area contributed by atoms with E-state index in [-0.39, 0.29) is 25.3 Å². The van der Waals surface area contributed by atoms with E-state index in [0.29, 0.717) is 5.56 Å². The molecule has 1 aliphatic heterocycles. The Bertz CT molecular complexity index is 568. The van der Waals surface area contributed by atoms with Crippen molar-refractivity contribution in [2.75, 3.05) is 19.7 Å². The molecular weight excluding hydrogens is 265 g/mol. The maximum Gasteiger partial charge on any atom is 0.257 e. The molecule has 1 aromatic carbocycles. The number of aliphatic hydroxyl groups excluding tert-OH is 3. The van der Waals surface area contributed by atoms with E-state index < -0.39 is 23.9 Å². The first-order valence-corrected chi connectivity index (χ1v) is 6.07. The number of aliphatic hydroxyl groups is 3. The lowest BCUT2D eigenvalue weighted by Crippen LogP contribution is -2.30. The quantitative estimate of drug-likeness (QED) is 0.597. The number of rotatable bonds is 1. The maximum absolute atomic E-state index is 13.9. The van der Waals surface area contributed by atoms with Crippen molar-refractivity contribution >= 4 is 5.91 Å². The molecule has 1 aliphatic rings. The lowest BCUT2D eigenvalue weighted by Gasteiger charge is -2.15. The third-order valence-corrected chi connectivity index (χ3v) is 3.06. The van der Waals surface area contributed by atoms with Crippen LogP contribution in [-0.4, -0.2) is 58.0 Å². The van der Waals surface area contributed by atoms with Gasteiger partial charge < -0.3 is 20.2 Å². The van der Waals surface area contributed by atoms with Crippen LogP contribution in [0.5, 0.6) is 0 Å². The molecule has 2 rings (SSSR count). The zero-order valence-electron chi connectivity index (χ0n) is 10.6. The van der Waals surface area contributed by atoms with E-state index >= 15 is 0 Å². The molecule has 0 radical (unpaired) electrons. The van der Waals surface area contributed by atoms with Gasteiger partial charge in [0.1, 0.15) is 12.4 Å². The first-order chi connectivity index (χ1) is 9.52. The van der Waals surface area contributed by atoms with Crippen LogP contribution in [0.4, 0.5) is 4.39 Å². The van der Waals surface area contributed by atoms with Gasteiger partial charge in [0.15, 0.2) is 0 Å². The van der Waals surface area contributed by atoms with Crippen LogP contribution < -0.4 is 0 Å². The van der Waals surface area contributed by atoms with E-state index in [2.05, 4.69) is 11.8 Å². The van der Waals surface area contributed by atoms with Gasteiger partial charge in [-0.25, -0.2) is 4.39 Å². The highest BCUT2D eigenvalue weighted by molar-refractivity contribution is 5.94. The Morgan fingerprint density at radius 2 is 2.00 bits per heavy atom. The zero-order valence-corrected chi connectivity index (χ0v) is 10.6. The molecule has 3 N–H and O–H groups in total. The van der Waals surface area contributed by atoms with Crippen molar-refractivity contribution in [2.45, 2.75) is 12.2 Å². The fraction of sp³-hybridized carbons (Fsp3) is 0.357. The standard InChI is InChI=1S/C14H14FNO4/c15-11-6-9(2-1-5-17)3-4-10(11)14(20)16-7-12(18)13(19)8-16/h3-4,6,12-13,17-19H,5,7-8H2. The van der Waals surface area contributed by atoms with E-state index in [1.165, 1.54) is 17.0 Å². The highest BCUT2D eigenvalue weighted by Crippen LogP contribution is 2.17. The first-order valence-electron chi connectivity index (χ1n) is 6.07. The Morgan fingerprint density at radius 1 is 1.35 bits per heavy atom. The number of nitrogens with zero attached hydrogens (tertiary/aromatic N) is 1. The summed E-state index contributed by atoms with van der Waals surface area (Å²) in [7, 11) is 0. The van der Waals surface area contributed by atoms with Crippen LogP contribution in [-0.2, 0) is 0 Å². The molecule has 6 heteroatoms. The van der Waals surface area contributed by atoms with Gasteiger partial charge >= 0.3 is 0 Å². The number of hydrogen-bond donors (Lipinski definition) is 3. The van der Waals surface area contributed by atoms with Crippen LogP contribution in [0, 0.1) is 17.7 Å². The van der Waals surface area contributed by atoms with Crippen molar-refractivity contribution in [3.63, 3.8) is 0 Å². The van der Waals surface area contributed by atoms with Gasteiger partial charge in [-0.1, -0.05) is 11.8 Å². The molecule has 5 nitrogen and oxygen atoms in total. The number of carbonyl (C=O) groups is 1. The minimum absolute atomic E-state index is 0.0223. The summed E-state index contributed by atoms with van der Waals surface area (Å²) in [4.78, 5) is 13.3. The molecule has 0 aromatic heterocycles. The fourth-order valence-electron chi connectivity index (χ4n) is 2.01. The average Bonchev–Trinajstić information content (AvgIpc) is 2.76. The van der Waals surface area contributed by atoms with E-state index in [4.69, 9.17) is 5.11 Å². The number of carbonyl (C=O) groups excluding carboxylic acids is 1. The summed E-state index contributed by atoms with van der Waals surface area (Å²) >= 11 is 0. The normalized spacial score (nSPS) is 21.5. The molecule has 2 unspecified atom stereocenters. The summed E-state index contributed by atoms with van der Waals surface area (Å²) < 4.78 is 13.9. The predicted molar refractivity (Wildman–Crippen MR) is 68.3 cm³/mol. The van der Waals surface area contributed by atoms with E-state index in [9.17, 15) is 19.4 Å². The minimum atomic E-state index is -1.00. The van der Waals surface area contributed by atoms with Crippen molar-refractivity contribution in [1.29, 1.82) is 0 Å². The van der Waals surface area contributed by atoms with Crippen molar-refractivity contribution in [3.05, 3.63) is 35.1 Å². The van der Waals surface area contributed by atoms with Crippen LogP contribution in [0.1, 0.15) is 15.9 Å². The fourth-order valence-corrected chi connectivity index (χ4v) is 2.01. The second-order valence-corrected chi connectivity index (χ2v) is 4.50. The van der Waals surface area contributed by atoms with E-state index in [0.717, 1.165) is 6.07 Å². The third kappa shape index (κ3) is 2.96. The Morgan fingerprint density at radius 3 is 2.55 bits per heavy atom. The van der Waals surface area contributed by atoms with Gasteiger partial charge in [-0.05, 0) is 18.2 Å². The summed E-state index contributed by atoms with van der Waals surface area (Å²) in [6, 6.07) is 3.89. The van der Waals surface area contributed by atoms with Crippen molar-refractivity contribution in [2.24, 2.45) is 0 Å². The number of likely N-dealkylation sites (tertiary alicyclic amines) is 1. The summed E-state index contributed by atoms with van der Waals surface area (Å²) in [6.07, 6.45) is -2.01. The smallest absolute Gasteiger partial charge is 0.257 e. The van der Waals surface area contributed by atoms with Crippen LogP contribution in [0.25, 0.3) is 0 Å². The molecule has 1 heterocycles. The Labute approximate surface area is 115 Å². The van der Waals surface area contributed by atoms with Gasteiger partial charge in [0.2, 0.25) is 0 Å². The number of β-amino-alcohol motifs (C(OH)–C–C–N with tert-alkyl or cyclic N) is 2. The highest BCUT2D eigenvalue weighted by Gasteiger charge is 2.33. The molecule has 0 saturated carbocycles. The molecule has 20 heavy (non-hydrogen) atoms. The molecule has 0 aliphatic carbocycles. The second kappa shape index (κ2) is 6.01. The Balaban J connectivity index is 2.19. The van der Waals surface area contributed by atoms with Crippen LogP contribution in [0.15, 0.2) is 18.2 Å². The molecule has 106 valence electrons. The topological polar surface area (TPSA) is 81.0 Å². The van der Waals surface area contributed by atoms with Crippen LogP contribution in [0.3, 0.4) is 0 Å². The molecule has 1 saturated heterocycles. The predicted octanol–water partition coefficient (Wildman–Crippen LogP) is -0.653. The molecule has 1 amide bonds. The van der Waals surface area contributed by atoms with Crippen molar-refractivity contribution < 1.29 is 24.5 Å². The van der Waals surface area contributed by atoms with Crippen molar-refractivity contribution in [3.8, 4) is 11.8 Å².